The maximum Gasteiger partial charge on any atom is 0.254 e. The lowest BCUT2D eigenvalue weighted by molar-refractivity contribution is -0.119. The van der Waals surface area contributed by atoms with Crippen molar-refractivity contribution in [2.75, 3.05) is 6.54 Å². The van der Waals surface area contributed by atoms with Gasteiger partial charge in [0.1, 0.15) is 0 Å². The molecule has 0 saturated heterocycles. The molecule has 1 aromatic carbocycles. The fourth-order valence-electron chi connectivity index (χ4n) is 1.89. The number of nitrogens with two attached hydrogens (primary N) is 1. The minimum Gasteiger partial charge on any atom is -0.368 e. The Morgan fingerprint density at radius 1 is 1.42 bits per heavy atom. The smallest absolute Gasteiger partial charge is 0.254 e. The first-order valence-electron chi connectivity index (χ1n) is 6.01. The molecule has 0 radical (unpaired) electrons. The molecule has 0 aliphatic carbocycles. The van der Waals surface area contributed by atoms with E-state index in [9.17, 15) is 9.59 Å². The fraction of sp³-hybridized carbons (Fsp3) is 0.308. The normalized spacial score (nSPS) is 10.9. The topological polar surface area (TPSA) is 92.1 Å². The summed E-state index contributed by atoms with van der Waals surface area (Å²) in [5.74, 6) is -0.741. The number of carbonyl (C=O) groups excluding carboxylic acids is 2. The molecule has 0 fully saturated rings. The summed E-state index contributed by atoms with van der Waals surface area (Å²) in [4.78, 5) is 24.8. The van der Waals surface area contributed by atoms with Crippen molar-refractivity contribution in [1.29, 1.82) is 0 Å². The van der Waals surface area contributed by atoms with Crippen LogP contribution in [-0.4, -0.2) is 39.5 Å². The van der Waals surface area contributed by atoms with Gasteiger partial charge < -0.3 is 10.6 Å². The molecule has 2 aromatic rings. The van der Waals surface area contributed by atoms with Gasteiger partial charge in [0.15, 0.2) is 0 Å². The van der Waals surface area contributed by atoms with Crippen LogP contribution in [0.4, 0.5) is 0 Å². The monoisotopic (exact) mass is 260 g/mol. The number of fused-ring (bicyclic) bond motifs is 1. The van der Waals surface area contributed by atoms with Crippen molar-refractivity contribution in [3.63, 3.8) is 0 Å². The van der Waals surface area contributed by atoms with Crippen molar-refractivity contribution in [2.45, 2.75) is 19.9 Å². The molecule has 1 aromatic heterocycles. The van der Waals surface area contributed by atoms with Gasteiger partial charge in [-0.15, -0.1) is 0 Å². The minimum atomic E-state index is -0.523. The number of H-pyrrole nitrogens is 1. The fourth-order valence-corrected chi connectivity index (χ4v) is 1.89. The molecule has 100 valence electrons. The highest BCUT2D eigenvalue weighted by Gasteiger charge is 2.20. The predicted octanol–water partition coefficient (Wildman–Crippen LogP) is 0.899. The van der Waals surface area contributed by atoms with E-state index in [0.29, 0.717) is 5.56 Å². The van der Waals surface area contributed by atoms with Gasteiger partial charge in [0.25, 0.3) is 5.91 Å². The van der Waals surface area contributed by atoms with Crippen molar-refractivity contribution >= 4 is 22.7 Å². The first-order chi connectivity index (χ1) is 8.99. The lowest BCUT2D eigenvalue weighted by atomic mass is 10.1. The number of hydrogen-bond donors (Lipinski definition) is 2. The molecule has 2 amide bonds. The average Bonchev–Trinajstić information content (AvgIpc) is 2.81. The Bertz CT molecular complexity index is 618. The van der Waals surface area contributed by atoms with Crippen molar-refractivity contribution in [2.24, 2.45) is 5.73 Å². The average molecular weight is 260 g/mol. The molecule has 0 spiro atoms. The number of aromatic amines is 1. The number of benzene rings is 1. The van der Waals surface area contributed by atoms with Crippen LogP contribution in [0.2, 0.25) is 0 Å². The number of rotatable bonds is 4. The summed E-state index contributed by atoms with van der Waals surface area (Å²) in [5.41, 5.74) is 6.46. The maximum atomic E-state index is 12.4. The third kappa shape index (κ3) is 2.73. The van der Waals surface area contributed by atoms with Gasteiger partial charge in [-0.25, -0.2) is 0 Å². The molecular formula is C13H16N4O2. The molecule has 0 unspecified atom stereocenters. The highest BCUT2D eigenvalue weighted by Crippen LogP contribution is 2.15. The van der Waals surface area contributed by atoms with Gasteiger partial charge in [-0.05, 0) is 26.0 Å². The van der Waals surface area contributed by atoms with E-state index in [1.54, 1.807) is 18.3 Å². The number of hydrogen-bond acceptors (Lipinski definition) is 3. The Hall–Kier alpha value is -2.37. The van der Waals surface area contributed by atoms with Crippen LogP contribution >= 0.6 is 0 Å². The van der Waals surface area contributed by atoms with E-state index in [0.717, 1.165) is 10.9 Å². The SMILES string of the molecule is CC(C)N(CC(N)=O)C(=O)c1ccc2cn[nH]c2c1. The summed E-state index contributed by atoms with van der Waals surface area (Å²) in [5, 5.41) is 7.65. The molecule has 6 nitrogen and oxygen atoms in total. The van der Waals surface area contributed by atoms with Crippen LogP contribution in [0, 0.1) is 0 Å². The van der Waals surface area contributed by atoms with Crippen molar-refractivity contribution in [3.8, 4) is 0 Å². The standard InChI is InChI=1S/C13H16N4O2/c1-8(2)17(7-12(14)18)13(19)9-3-4-10-6-15-16-11(10)5-9/h3-6,8H,7H2,1-2H3,(H2,14,18)(H,15,16). The largest absolute Gasteiger partial charge is 0.368 e. The molecule has 2 rings (SSSR count). The molecule has 19 heavy (non-hydrogen) atoms. The van der Waals surface area contributed by atoms with Gasteiger partial charge in [0.05, 0.1) is 18.3 Å². The lowest BCUT2D eigenvalue weighted by Crippen LogP contribution is -2.42. The van der Waals surface area contributed by atoms with Crippen LogP contribution in [0.3, 0.4) is 0 Å². The van der Waals surface area contributed by atoms with Crippen molar-refractivity contribution < 1.29 is 9.59 Å². The lowest BCUT2D eigenvalue weighted by Gasteiger charge is -2.25. The van der Waals surface area contributed by atoms with Gasteiger partial charge in [0.2, 0.25) is 5.91 Å². The first-order valence-corrected chi connectivity index (χ1v) is 6.01. The third-order valence-electron chi connectivity index (χ3n) is 2.90. The van der Waals surface area contributed by atoms with E-state index in [2.05, 4.69) is 10.2 Å². The van der Waals surface area contributed by atoms with Crippen LogP contribution in [0.5, 0.6) is 0 Å². The Kier molecular flexibility index (Phi) is 3.50. The Balaban J connectivity index is 2.32. The number of aromatic nitrogens is 2. The molecule has 3 N–H and O–H groups in total. The third-order valence-corrected chi connectivity index (χ3v) is 2.90. The second kappa shape index (κ2) is 5.09. The number of amides is 2. The molecule has 0 atom stereocenters. The van der Waals surface area contributed by atoms with E-state index < -0.39 is 5.91 Å². The second-order valence-corrected chi connectivity index (χ2v) is 4.67. The van der Waals surface area contributed by atoms with Gasteiger partial charge in [-0.2, -0.15) is 5.10 Å². The molecule has 0 bridgehead atoms. The first kappa shape index (κ1) is 13.1. The molecule has 1 heterocycles. The molecular weight excluding hydrogens is 244 g/mol. The quantitative estimate of drug-likeness (QED) is 0.855. The number of carbonyl (C=O) groups is 2. The molecule has 6 heteroatoms. The minimum absolute atomic E-state index is 0.0858. The van der Waals surface area contributed by atoms with Crippen LogP contribution in [0.25, 0.3) is 10.9 Å². The molecule has 0 aliphatic heterocycles. The summed E-state index contributed by atoms with van der Waals surface area (Å²) in [6.07, 6.45) is 1.69. The van der Waals surface area contributed by atoms with Gasteiger partial charge in [-0.1, -0.05) is 6.07 Å². The number of nitrogens with one attached hydrogen (secondary N) is 1. The highest BCUT2D eigenvalue weighted by molar-refractivity contribution is 5.99. The Morgan fingerprint density at radius 2 is 2.16 bits per heavy atom. The Morgan fingerprint density at radius 3 is 2.79 bits per heavy atom. The molecule has 0 saturated carbocycles. The van der Waals surface area contributed by atoms with Gasteiger partial charge >= 0.3 is 0 Å². The Labute approximate surface area is 110 Å². The number of primary amides is 1. The number of nitrogens with zero attached hydrogens (tertiary/aromatic N) is 2. The highest BCUT2D eigenvalue weighted by atomic mass is 16.2. The summed E-state index contributed by atoms with van der Waals surface area (Å²) in [6, 6.07) is 5.16. The van der Waals surface area contributed by atoms with E-state index >= 15 is 0 Å². The van der Waals surface area contributed by atoms with Crippen molar-refractivity contribution in [1.82, 2.24) is 15.1 Å². The van der Waals surface area contributed by atoms with Crippen LogP contribution < -0.4 is 5.73 Å². The zero-order valence-corrected chi connectivity index (χ0v) is 10.9. The molecule has 0 aliphatic rings. The summed E-state index contributed by atoms with van der Waals surface area (Å²) >= 11 is 0. The summed E-state index contributed by atoms with van der Waals surface area (Å²) < 4.78 is 0. The van der Waals surface area contributed by atoms with E-state index in [1.807, 2.05) is 19.9 Å². The second-order valence-electron chi connectivity index (χ2n) is 4.67. The van der Waals surface area contributed by atoms with Gasteiger partial charge in [0, 0.05) is 17.0 Å². The zero-order valence-electron chi connectivity index (χ0n) is 10.9. The summed E-state index contributed by atoms with van der Waals surface area (Å²) in [7, 11) is 0. The van der Waals surface area contributed by atoms with Crippen LogP contribution in [-0.2, 0) is 4.79 Å². The predicted molar refractivity (Wildman–Crippen MR) is 71.5 cm³/mol. The van der Waals surface area contributed by atoms with E-state index in [1.165, 1.54) is 4.90 Å². The zero-order chi connectivity index (χ0) is 14.0. The van der Waals surface area contributed by atoms with E-state index in [-0.39, 0.29) is 18.5 Å². The van der Waals surface area contributed by atoms with Crippen molar-refractivity contribution in [3.05, 3.63) is 30.0 Å². The maximum absolute atomic E-state index is 12.4. The van der Waals surface area contributed by atoms with Crippen LogP contribution in [0.1, 0.15) is 24.2 Å². The van der Waals surface area contributed by atoms with Gasteiger partial charge in [-0.3, -0.25) is 14.7 Å². The summed E-state index contributed by atoms with van der Waals surface area (Å²) in [6.45, 7) is 3.60. The van der Waals surface area contributed by atoms with Crippen LogP contribution in [0.15, 0.2) is 24.4 Å². The van der Waals surface area contributed by atoms with E-state index in [4.69, 9.17) is 5.73 Å².